The Balaban J connectivity index is 1.51. The van der Waals surface area contributed by atoms with E-state index < -0.39 is 0 Å². The molecule has 5 fully saturated rings. The summed E-state index contributed by atoms with van der Waals surface area (Å²) >= 11 is 0. The molecule has 3 heteroatoms. The molecule has 5 aliphatic rings. The Morgan fingerprint density at radius 3 is 2.32 bits per heavy atom. The molecule has 4 aliphatic carbocycles. The van der Waals surface area contributed by atoms with Gasteiger partial charge in [-0.1, -0.05) is 0 Å². The van der Waals surface area contributed by atoms with Gasteiger partial charge in [-0.15, -0.1) is 0 Å². The predicted octanol–water partition coefficient (Wildman–Crippen LogP) is 2.02. The van der Waals surface area contributed by atoms with Gasteiger partial charge in [-0.25, -0.2) is 0 Å². The Labute approximate surface area is 116 Å². The fourth-order valence-corrected chi connectivity index (χ4v) is 5.91. The zero-order chi connectivity index (χ0) is 13.0. The van der Waals surface area contributed by atoms with Crippen molar-refractivity contribution in [1.82, 2.24) is 10.2 Å². The number of amides is 1. The van der Waals surface area contributed by atoms with E-state index in [-0.39, 0.29) is 0 Å². The van der Waals surface area contributed by atoms with Gasteiger partial charge in [0.1, 0.15) is 0 Å². The van der Waals surface area contributed by atoms with Crippen LogP contribution in [0, 0.1) is 23.2 Å². The largest absolute Gasteiger partial charge is 0.339 e. The third-order valence-electron chi connectivity index (χ3n) is 6.14. The van der Waals surface area contributed by atoms with E-state index in [0.717, 1.165) is 30.8 Å². The average Bonchev–Trinajstić information content (AvgIpc) is 2.31. The van der Waals surface area contributed by atoms with Gasteiger partial charge in [-0.3, -0.25) is 4.79 Å². The van der Waals surface area contributed by atoms with E-state index in [2.05, 4.69) is 17.1 Å². The second-order valence-electron chi connectivity index (χ2n) is 7.97. The summed E-state index contributed by atoms with van der Waals surface area (Å²) in [5, 5.41) is 3.28. The molecule has 0 aromatic rings. The van der Waals surface area contributed by atoms with Crippen molar-refractivity contribution in [2.24, 2.45) is 23.2 Å². The number of nitrogens with zero attached hydrogens (tertiary/aromatic N) is 1. The molecule has 1 saturated heterocycles. The number of piperazine rings is 1. The Bertz CT molecular complexity index is 357. The van der Waals surface area contributed by atoms with E-state index in [1.807, 2.05) is 0 Å². The van der Waals surface area contributed by atoms with Crippen LogP contribution in [0.15, 0.2) is 0 Å². The molecule has 0 spiro atoms. The van der Waals surface area contributed by atoms with Crippen molar-refractivity contribution in [3.63, 3.8) is 0 Å². The topological polar surface area (TPSA) is 32.3 Å². The Kier molecular flexibility index (Phi) is 2.70. The summed E-state index contributed by atoms with van der Waals surface area (Å²) in [4.78, 5) is 14.3. The smallest absolute Gasteiger partial charge is 0.236 e. The van der Waals surface area contributed by atoms with Crippen LogP contribution in [-0.2, 0) is 4.79 Å². The van der Waals surface area contributed by atoms with E-state index in [4.69, 9.17) is 0 Å². The zero-order valence-electron chi connectivity index (χ0n) is 12.0. The molecule has 1 amide bonds. The first kappa shape index (κ1) is 12.2. The normalized spacial score (nSPS) is 48.9. The third kappa shape index (κ3) is 2.10. The van der Waals surface area contributed by atoms with Crippen molar-refractivity contribution in [3.05, 3.63) is 0 Å². The summed E-state index contributed by atoms with van der Waals surface area (Å²) in [5.74, 6) is 3.29. The van der Waals surface area contributed by atoms with Crippen molar-refractivity contribution in [2.45, 2.75) is 51.5 Å². The van der Waals surface area contributed by atoms with Crippen molar-refractivity contribution < 1.29 is 4.79 Å². The minimum atomic E-state index is 0.328. The molecule has 0 aromatic heterocycles. The summed E-state index contributed by atoms with van der Waals surface area (Å²) in [6, 6.07) is 0.464. The van der Waals surface area contributed by atoms with Crippen molar-refractivity contribution in [1.29, 1.82) is 0 Å². The van der Waals surface area contributed by atoms with Gasteiger partial charge in [0.2, 0.25) is 5.91 Å². The van der Waals surface area contributed by atoms with Crippen molar-refractivity contribution >= 4 is 5.91 Å². The van der Waals surface area contributed by atoms with Gasteiger partial charge in [0.25, 0.3) is 0 Å². The van der Waals surface area contributed by atoms with Crippen LogP contribution in [0.1, 0.15) is 45.4 Å². The van der Waals surface area contributed by atoms with Crippen LogP contribution in [-0.4, -0.2) is 36.5 Å². The van der Waals surface area contributed by atoms with E-state index >= 15 is 0 Å². The monoisotopic (exact) mass is 262 g/mol. The lowest BCUT2D eigenvalue weighted by Gasteiger charge is -2.58. The summed E-state index contributed by atoms with van der Waals surface area (Å²) in [7, 11) is 0. The first-order valence-corrected chi connectivity index (χ1v) is 8.13. The molecule has 1 unspecified atom stereocenters. The Hall–Kier alpha value is -0.570. The number of nitrogens with one attached hydrogen (secondary N) is 1. The van der Waals surface area contributed by atoms with Gasteiger partial charge >= 0.3 is 0 Å². The molecule has 1 heterocycles. The molecule has 5 rings (SSSR count). The second kappa shape index (κ2) is 4.21. The molecule has 4 saturated carbocycles. The molecular formula is C16H26N2O. The highest BCUT2D eigenvalue weighted by molar-refractivity contribution is 5.79. The molecule has 19 heavy (non-hydrogen) atoms. The van der Waals surface area contributed by atoms with Crippen LogP contribution in [0.4, 0.5) is 0 Å². The lowest BCUT2D eigenvalue weighted by atomic mass is 9.49. The lowest BCUT2D eigenvalue weighted by Crippen LogP contribution is -2.58. The number of hydrogen-bond donors (Lipinski definition) is 1. The van der Waals surface area contributed by atoms with Crippen molar-refractivity contribution in [3.8, 4) is 0 Å². The van der Waals surface area contributed by atoms with E-state index in [9.17, 15) is 4.79 Å². The molecule has 0 radical (unpaired) electrons. The van der Waals surface area contributed by atoms with Crippen LogP contribution in [0.2, 0.25) is 0 Å². The van der Waals surface area contributed by atoms with Gasteiger partial charge in [-0.2, -0.15) is 0 Å². The van der Waals surface area contributed by atoms with Crippen LogP contribution in [0.5, 0.6) is 0 Å². The molecule has 1 atom stereocenters. The van der Waals surface area contributed by atoms with Gasteiger partial charge in [-0.05, 0) is 68.6 Å². The van der Waals surface area contributed by atoms with Gasteiger partial charge in [0.05, 0.1) is 6.54 Å². The average molecular weight is 262 g/mol. The van der Waals surface area contributed by atoms with Gasteiger partial charge in [0.15, 0.2) is 0 Å². The maximum atomic E-state index is 12.1. The van der Waals surface area contributed by atoms with Gasteiger partial charge < -0.3 is 10.2 Å². The maximum Gasteiger partial charge on any atom is 0.236 e. The second-order valence-corrected chi connectivity index (χ2v) is 7.97. The summed E-state index contributed by atoms with van der Waals surface area (Å²) in [5.41, 5.74) is 0.501. The van der Waals surface area contributed by atoms with Crippen molar-refractivity contribution in [2.75, 3.05) is 19.6 Å². The lowest BCUT2D eigenvalue weighted by molar-refractivity contribution is -0.139. The zero-order valence-corrected chi connectivity index (χ0v) is 12.0. The maximum absolute atomic E-state index is 12.1. The quantitative estimate of drug-likeness (QED) is 0.826. The van der Waals surface area contributed by atoms with Crippen LogP contribution >= 0.6 is 0 Å². The first-order valence-electron chi connectivity index (χ1n) is 8.13. The van der Waals surface area contributed by atoms with E-state index in [1.54, 1.807) is 0 Å². The summed E-state index contributed by atoms with van der Waals surface area (Å²) in [6.45, 7) is 4.72. The molecular weight excluding hydrogens is 236 g/mol. The minimum absolute atomic E-state index is 0.328. The summed E-state index contributed by atoms with van der Waals surface area (Å²) < 4.78 is 0. The highest BCUT2D eigenvalue weighted by atomic mass is 16.2. The van der Waals surface area contributed by atoms with Crippen LogP contribution in [0.3, 0.4) is 0 Å². The molecule has 4 bridgehead atoms. The van der Waals surface area contributed by atoms with E-state index in [0.29, 0.717) is 23.9 Å². The number of carbonyl (C=O) groups is 1. The van der Waals surface area contributed by atoms with Gasteiger partial charge in [0, 0.05) is 19.1 Å². The Morgan fingerprint density at radius 2 is 1.74 bits per heavy atom. The number of rotatable bonds is 2. The SMILES string of the molecule is CC1CN(CC23CC4CC(CC(C4)C2)C3)C(=O)CN1. The molecule has 3 nitrogen and oxygen atoms in total. The third-order valence-corrected chi connectivity index (χ3v) is 6.14. The number of hydrogen-bond acceptors (Lipinski definition) is 2. The molecule has 0 aromatic carbocycles. The summed E-state index contributed by atoms with van der Waals surface area (Å²) in [6.07, 6.45) is 8.70. The fraction of sp³-hybridized carbons (Fsp3) is 0.938. The Morgan fingerprint density at radius 1 is 1.16 bits per heavy atom. The fourth-order valence-electron chi connectivity index (χ4n) is 5.91. The minimum Gasteiger partial charge on any atom is -0.339 e. The van der Waals surface area contributed by atoms with Crippen LogP contribution in [0.25, 0.3) is 0 Å². The number of carbonyl (C=O) groups excluding carboxylic acids is 1. The molecule has 1 aliphatic heterocycles. The standard InChI is InChI=1S/C16H26N2O/c1-11-9-18(15(19)8-17-11)10-16-5-12-2-13(6-16)4-14(3-12)7-16/h11-14,17H,2-10H2,1H3. The molecule has 106 valence electrons. The highest BCUT2D eigenvalue weighted by Crippen LogP contribution is 2.60. The van der Waals surface area contributed by atoms with Crippen LogP contribution < -0.4 is 5.32 Å². The van der Waals surface area contributed by atoms with E-state index in [1.165, 1.54) is 38.5 Å². The predicted molar refractivity (Wildman–Crippen MR) is 74.6 cm³/mol. The highest BCUT2D eigenvalue weighted by Gasteiger charge is 2.51. The molecule has 1 N–H and O–H groups in total. The first-order chi connectivity index (χ1) is 9.12.